The Morgan fingerprint density at radius 2 is 1.25 bits per heavy atom. The van der Waals surface area contributed by atoms with Crippen LogP contribution in [-0.4, -0.2) is 59.8 Å². The van der Waals surface area contributed by atoms with Crippen LogP contribution in [0.5, 0.6) is 0 Å². The molecule has 0 atom stereocenters. The van der Waals surface area contributed by atoms with Crippen LogP contribution in [0.15, 0.2) is 0 Å². The summed E-state index contributed by atoms with van der Waals surface area (Å²) in [6.45, 7) is 0. The number of hydrogen-bond donors (Lipinski definition) is 0. The Morgan fingerprint density at radius 3 is 1.25 bits per heavy atom. The maximum absolute atomic E-state index is 2.60. The summed E-state index contributed by atoms with van der Waals surface area (Å²) in [5.74, 6) is 0. The number of hydrogen-bond acceptors (Lipinski definition) is 2. The molecular formula is C5H13AsN2. The minimum absolute atomic E-state index is 0.475. The van der Waals surface area contributed by atoms with Gasteiger partial charge >= 0.3 is 59.8 Å². The summed E-state index contributed by atoms with van der Waals surface area (Å²) in [6, 6.07) is 0. The summed E-state index contributed by atoms with van der Waals surface area (Å²) < 4.78 is 0. The zero-order valence-corrected chi connectivity index (χ0v) is 7.80. The van der Waals surface area contributed by atoms with Crippen molar-refractivity contribution in [3.63, 3.8) is 0 Å². The molecule has 8 heavy (non-hydrogen) atoms. The number of nitrogens with zero attached hydrogens (tertiary/aromatic N) is 2. The Morgan fingerprint density at radius 1 is 1.00 bits per heavy atom. The molecule has 0 bridgehead atoms. The van der Waals surface area contributed by atoms with Crippen molar-refractivity contribution < 1.29 is 0 Å². The first-order valence-corrected chi connectivity index (χ1v) is 3.65. The van der Waals surface area contributed by atoms with Crippen molar-refractivity contribution in [1.29, 1.82) is 0 Å². The minimum atomic E-state index is 0.475. The average molecular weight is 176 g/mol. The van der Waals surface area contributed by atoms with Crippen molar-refractivity contribution in [3.05, 3.63) is 0 Å². The van der Waals surface area contributed by atoms with Crippen LogP contribution in [0.2, 0.25) is 0 Å². The maximum atomic E-state index is 2.60. The zero-order chi connectivity index (χ0) is 6.73. The first kappa shape index (κ1) is 8.48. The van der Waals surface area contributed by atoms with Crippen molar-refractivity contribution in [2.75, 3.05) is 28.2 Å². The van der Waals surface area contributed by atoms with Crippen LogP contribution < -0.4 is 0 Å². The Hall–Kier alpha value is 0.478. The summed E-state index contributed by atoms with van der Waals surface area (Å²) in [5, 5.41) is 0. The molecule has 0 rings (SSSR count). The normalized spacial score (nSPS) is 12.0. The third-order valence-corrected chi connectivity index (χ3v) is 2.86. The second kappa shape index (κ2) is 3.49. The molecule has 0 aliphatic rings. The molecule has 0 aromatic rings. The van der Waals surface area contributed by atoms with Crippen molar-refractivity contribution in [2.24, 2.45) is 0 Å². The Balaban J connectivity index is 3.46. The predicted octanol–water partition coefficient (Wildman–Crippen LogP) is -0.438. The van der Waals surface area contributed by atoms with Crippen LogP contribution in [-0.2, 0) is 0 Å². The van der Waals surface area contributed by atoms with E-state index >= 15 is 0 Å². The van der Waals surface area contributed by atoms with Gasteiger partial charge in [-0.3, -0.25) is 0 Å². The predicted molar refractivity (Wildman–Crippen MR) is 36.9 cm³/mol. The van der Waals surface area contributed by atoms with Gasteiger partial charge in [-0.25, -0.2) is 0 Å². The first-order chi connectivity index (χ1) is 3.55. The molecule has 0 saturated heterocycles. The topological polar surface area (TPSA) is 6.48 Å². The van der Waals surface area contributed by atoms with Crippen LogP contribution in [0.25, 0.3) is 0 Å². The van der Waals surface area contributed by atoms with Crippen LogP contribution in [0.4, 0.5) is 0 Å². The van der Waals surface area contributed by atoms with Crippen molar-refractivity contribution >= 4 is 16.9 Å². The van der Waals surface area contributed by atoms with Gasteiger partial charge in [0.25, 0.3) is 0 Å². The molecule has 0 unspecified atom stereocenters. The second-order valence-electron chi connectivity index (χ2n) is 2.27. The summed E-state index contributed by atoms with van der Waals surface area (Å²) in [5.41, 5.74) is 0. The second-order valence-corrected chi connectivity index (χ2v) is 3.24. The van der Waals surface area contributed by atoms with Crippen LogP contribution in [0.3, 0.4) is 0 Å². The monoisotopic (exact) mass is 176 g/mol. The third-order valence-electron chi connectivity index (χ3n) is 0.924. The molecule has 2 nitrogen and oxygen atoms in total. The summed E-state index contributed by atoms with van der Waals surface area (Å²) in [6.07, 6.45) is 0. The third kappa shape index (κ3) is 2.70. The number of rotatable bonds is 2. The Bertz CT molecular complexity index is 55.4. The van der Waals surface area contributed by atoms with E-state index < -0.39 is 0 Å². The average Bonchev–Trinajstić information content (AvgIpc) is 1.64. The van der Waals surface area contributed by atoms with Gasteiger partial charge in [0.15, 0.2) is 0 Å². The molecule has 0 fully saturated rings. The van der Waals surface area contributed by atoms with E-state index in [4.69, 9.17) is 0 Å². The first-order valence-electron chi connectivity index (χ1n) is 2.56. The van der Waals surface area contributed by atoms with E-state index in [0.717, 1.165) is 0 Å². The van der Waals surface area contributed by atoms with Crippen molar-refractivity contribution in [1.82, 2.24) is 9.80 Å². The van der Waals surface area contributed by atoms with E-state index in [0.29, 0.717) is 4.95 Å². The Labute approximate surface area is 60.3 Å². The van der Waals surface area contributed by atoms with Gasteiger partial charge < -0.3 is 0 Å². The standard InChI is InChI=1S/C5H13AsN2/c1-7(2)5(6)8(3)4/h5H,1-4H3. The molecule has 48 valence electrons. The molecule has 0 aromatic carbocycles. The van der Waals surface area contributed by atoms with Crippen molar-refractivity contribution in [3.8, 4) is 0 Å². The van der Waals surface area contributed by atoms with E-state index in [9.17, 15) is 0 Å². The van der Waals surface area contributed by atoms with Gasteiger partial charge in [-0.15, -0.1) is 0 Å². The van der Waals surface area contributed by atoms with Crippen LogP contribution >= 0.6 is 0 Å². The molecule has 3 heteroatoms. The fourth-order valence-corrected chi connectivity index (χ4v) is 0.462. The van der Waals surface area contributed by atoms with E-state index in [-0.39, 0.29) is 0 Å². The fourth-order valence-electron chi connectivity index (χ4n) is 0.462. The molecule has 2 radical (unpaired) electrons. The van der Waals surface area contributed by atoms with E-state index in [1.165, 1.54) is 0 Å². The summed E-state index contributed by atoms with van der Waals surface area (Å²) >= 11 is 2.60. The van der Waals surface area contributed by atoms with Crippen LogP contribution in [0.1, 0.15) is 0 Å². The van der Waals surface area contributed by atoms with Gasteiger partial charge in [0.05, 0.1) is 0 Å². The zero-order valence-electron chi connectivity index (χ0n) is 5.92. The quantitative estimate of drug-likeness (QED) is 0.415. The van der Waals surface area contributed by atoms with Gasteiger partial charge in [0, 0.05) is 0 Å². The fraction of sp³-hybridized carbons (Fsp3) is 1.00. The molecular weight excluding hydrogens is 163 g/mol. The molecule has 0 aliphatic heterocycles. The molecule has 0 amide bonds. The van der Waals surface area contributed by atoms with Gasteiger partial charge in [0.2, 0.25) is 0 Å². The summed E-state index contributed by atoms with van der Waals surface area (Å²) in [4.78, 5) is 4.75. The van der Waals surface area contributed by atoms with Crippen molar-refractivity contribution in [2.45, 2.75) is 4.95 Å². The molecule has 0 saturated carbocycles. The van der Waals surface area contributed by atoms with E-state index in [1.807, 2.05) is 0 Å². The van der Waals surface area contributed by atoms with Gasteiger partial charge in [-0.05, 0) is 0 Å². The summed E-state index contributed by atoms with van der Waals surface area (Å²) in [7, 11) is 8.23. The van der Waals surface area contributed by atoms with Crippen LogP contribution in [0, 0.1) is 0 Å². The van der Waals surface area contributed by atoms with Gasteiger partial charge in [-0.2, -0.15) is 0 Å². The molecule has 0 aliphatic carbocycles. The van der Waals surface area contributed by atoms with Gasteiger partial charge in [-0.1, -0.05) is 0 Å². The molecule has 0 aromatic heterocycles. The SMILES string of the molecule is CN(C)C([As])N(C)C. The Kier molecular flexibility index (Phi) is 3.70. The molecule has 0 heterocycles. The molecule has 0 spiro atoms. The van der Waals surface area contributed by atoms with E-state index in [2.05, 4.69) is 54.8 Å². The van der Waals surface area contributed by atoms with E-state index in [1.54, 1.807) is 0 Å². The van der Waals surface area contributed by atoms with Gasteiger partial charge in [0.1, 0.15) is 0 Å². The molecule has 0 N–H and O–H groups in total.